The fourth-order valence-corrected chi connectivity index (χ4v) is 1.52. The molecule has 0 aliphatic rings. The van der Waals surface area contributed by atoms with Gasteiger partial charge in [0.1, 0.15) is 5.60 Å². The van der Waals surface area contributed by atoms with Crippen LogP contribution in [0.2, 0.25) is 0 Å². The molecule has 0 radical (unpaired) electrons. The fraction of sp³-hybridized carbons (Fsp3) is 0.375. The summed E-state index contributed by atoms with van der Waals surface area (Å²) >= 11 is 0. The first-order valence-electron chi connectivity index (χ1n) is 6.58. The summed E-state index contributed by atoms with van der Waals surface area (Å²) in [5.41, 5.74) is 0.0608. The van der Waals surface area contributed by atoms with Crippen molar-refractivity contribution < 1.29 is 24.2 Å². The quantitative estimate of drug-likeness (QED) is 0.660. The molecule has 0 bridgehead atoms. The van der Waals surface area contributed by atoms with Crippen LogP contribution in [0.15, 0.2) is 12.1 Å². The second-order valence-corrected chi connectivity index (χ2v) is 5.39. The zero-order chi connectivity index (χ0) is 16.8. The number of hydrogen-bond acceptors (Lipinski definition) is 5. The maximum Gasteiger partial charge on any atom is 0.408 e. The number of aldehydes is 1. The number of carbonyl (C=O) groups is 2. The Kier molecular flexibility index (Phi) is 5.81. The largest absolute Gasteiger partial charge is 0.504 e. The molecule has 0 saturated carbocycles. The molecule has 0 saturated heterocycles. The summed E-state index contributed by atoms with van der Waals surface area (Å²) in [6, 6.07) is 2.73. The van der Waals surface area contributed by atoms with Crippen molar-refractivity contribution in [2.75, 3.05) is 13.7 Å². The standard InChI is InChI=1S/C16H19NO5/c1-16(2,3)22-15(20)17-7-5-6-11-9-14(21-4)13(19)8-12(11)10-18/h8-10,19H,7H2,1-4H3,(H,17,20). The van der Waals surface area contributed by atoms with E-state index in [2.05, 4.69) is 17.2 Å². The van der Waals surface area contributed by atoms with E-state index in [-0.39, 0.29) is 23.6 Å². The van der Waals surface area contributed by atoms with E-state index in [1.54, 1.807) is 20.8 Å². The molecule has 118 valence electrons. The number of methoxy groups -OCH3 is 1. The molecule has 0 unspecified atom stereocenters. The zero-order valence-electron chi connectivity index (χ0n) is 13.0. The maximum absolute atomic E-state index is 11.4. The van der Waals surface area contributed by atoms with Gasteiger partial charge in [0, 0.05) is 17.2 Å². The first-order valence-corrected chi connectivity index (χ1v) is 6.58. The minimum Gasteiger partial charge on any atom is -0.504 e. The first-order chi connectivity index (χ1) is 10.3. The van der Waals surface area contributed by atoms with Crippen molar-refractivity contribution >= 4 is 12.4 Å². The van der Waals surface area contributed by atoms with Gasteiger partial charge in [-0.3, -0.25) is 4.79 Å². The molecule has 0 aliphatic carbocycles. The molecule has 1 rings (SSSR count). The molecule has 0 aromatic heterocycles. The second kappa shape index (κ2) is 7.36. The molecule has 0 fully saturated rings. The zero-order valence-corrected chi connectivity index (χ0v) is 13.0. The number of hydrogen-bond donors (Lipinski definition) is 2. The smallest absolute Gasteiger partial charge is 0.408 e. The van der Waals surface area contributed by atoms with E-state index < -0.39 is 11.7 Å². The highest BCUT2D eigenvalue weighted by atomic mass is 16.6. The van der Waals surface area contributed by atoms with Gasteiger partial charge in [0.2, 0.25) is 0 Å². The van der Waals surface area contributed by atoms with Gasteiger partial charge in [0.05, 0.1) is 13.7 Å². The van der Waals surface area contributed by atoms with E-state index in [0.29, 0.717) is 11.8 Å². The Morgan fingerprint density at radius 1 is 1.41 bits per heavy atom. The van der Waals surface area contributed by atoms with E-state index in [0.717, 1.165) is 0 Å². The van der Waals surface area contributed by atoms with E-state index >= 15 is 0 Å². The van der Waals surface area contributed by atoms with Crippen LogP contribution in [0.3, 0.4) is 0 Å². The summed E-state index contributed by atoms with van der Waals surface area (Å²) in [6.07, 6.45) is 0.0190. The average Bonchev–Trinajstić information content (AvgIpc) is 2.42. The molecular formula is C16H19NO5. The van der Waals surface area contributed by atoms with Gasteiger partial charge in [-0.2, -0.15) is 0 Å². The van der Waals surface area contributed by atoms with Crippen LogP contribution in [0.4, 0.5) is 4.79 Å². The molecular weight excluding hydrogens is 286 g/mol. The minimum absolute atomic E-state index is 0.0659. The lowest BCUT2D eigenvalue weighted by Crippen LogP contribution is -2.32. The van der Waals surface area contributed by atoms with Crippen molar-refractivity contribution in [2.24, 2.45) is 0 Å². The van der Waals surface area contributed by atoms with Gasteiger partial charge in [0.15, 0.2) is 17.8 Å². The molecule has 1 amide bonds. The molecule has 1 aromatic carbocycles. The highest BCUT2D eigenvalue weighted by Crippen LogP contribution is 2.28. The van der Waals surface area contributed by atoms with Gasteiger partial charge in [0.25, 0.3) is 0 Å². The van der Waals surface area contributed by atoms with Crippen LogP contribution in [0, 0.1) is 11.8 Å². The molecule has 0 aliphatic heterocycles. The lowest BCUT2D eigenvalue weighted by Gasteiger charge is -2.19. The molecule has 0 heterocycles. The highest BCUT2D eigenvalue weighted by Gasteiger charge is 2.15. The van der Waals surface area contributed by atoms with E-state index in [9.17, 15) is 14.7 Å². The Hall–Kier alpha value is -2.68. The Morgan fingerprint density at radius 2 is 2.09 bits per heavy atom. The topological polar surface area (TPSA) is 84.9 Å². The Balaban J connectivity index is 2.76. The Labute approximate surface area is 129 Å². The van der Waals surface area contributed by atoms with Crippen LogP contribution in [0.5, 0.6) is 11.5 Å². The van der Waals surface area contributed by atoms with Crippen LogP contribution in [0.25, 0.3) is 0 Å². The molecule has 0 spiro atoms. The van der Waals surface area contributed by atoms with Crippen LogP contribution in [-0.4, -0.2) is 36.7 Å². The number of ether oxygens (including phenoxy) is 2. The van der Waals surface area contributed by atoms with Crippen molar-refractivity contribution in [3.05, 3.63) is 23.3 Å². The van der Waals surface area contributed by atoms with Crippen LogP contribution in [-0.2, 0) is 4.74 Å². The number of phenols is 1. The van der Waals surface area contributed by atoms with E-state index in [1.807, 2.05) is 0 Å². The van der Waals surface area contributed by atoms with Gasteiger partial charge in [-0.25, -0.2) is 4.79 Å². The van der Waals surface area contributed by atoms with Gasteiger partial charge in [-0.15, -0.1) is 0 Å². The van der Waals surface area contributed by atoms with Gasteiger partial charge in [-0.05, 0) is 26.8 Å². The summed E-state index contributed by atoms with van der Waals surface area (Å²) in [4.78, 5) is 22.4. The number of benzene rings is 1. The van der Waals surface area contributed by atoms with Gasteiger partial charge >= 0.3 is 6.09 Å². The maximum atomic E-state index is 11.4. The molecule has 6 heteroatoms. The minimum atomic E-state index is -0.577. The molecule has 1 aromatic rings. The SMILES string of the molecule is COc1cc(C#CCNC(=O)OC(C)(C)C)c(C=O)cc1O. The van der Waals surface area contributed by atoms with Crippen molar-refractivity contribution in [1.82, 2.24) is 5.32 Å². The van der Waals surface area contributed by atoms with Crippen molar-refractivity contribution in [3.63, 3.8) is 0 Å². The summed E-state index contributed by atoms with van der Waals surface area (Å²) in [5.74, 6) is 5.53. The molecule has 6 nitrogen and oxygen atoms in total. The normalized spacial score (nSPS) is 10.2. The Morgan fingerprint density at radius 3 is 2.64 bits per heavy atom. The fourth-order valence-electron chi connectivity index (χ4n) is 1.52. The van der Waals surface area contributed by atoms with Gasteiger partial charge in [-0.1, -0.05) is 11.8 Å². The van der Waals surface area contributed by atoms with Crippen molar-refractivity contribution in [1.29, 1.82) is 0 Å². The summed E-state index contributed by atoms with van der Waals surface area (Å²) < 4.78 is 10.0. The number of aromatic hydroxyl groups is 1. The van der Waals surface area contributed by atoms with Crippen LogP contribution in [0.1, 0.15) is 36.7 Å². The Bertz CT molecular complexity index is 620. The number of nitrogens with one attached hydrogen (secondary N) is 1. The predicted molar refractivity (Wildman–Crippen MR) is 81.2 cm³/mol. The van der Waals surface area contributed by atoms with Crippen molar-refractivity contribution in [3.8, 4) is 23.3 Å². The molecule has 2 N–H and O–H groups in total. The summed E-state index contributed by atoms with van der Waals surface area (Å²) in [6.45, 7) is 5.35. The average molecular weight is 305 g/mol. The second-order valence-electron chi connectivity index (χ2n) is 5.39. The molecule has 0 atom stereocenters. The monoisotopic (exact) mass is 305 g/mol. The number of amides is 1. The third-order valence-corrected chi connectivity index (χ3v) is 2.42. The lowest BCUT2D eigenvalue weighted by molar-refractivity contribution is 0.0535. The van der Waals surface area contributed by atoms with Gasteiger partial charge < -0.3 is 19.9 Å². The van der Waals surface area contributed by atoms with E-state index in [4.69, 9.17) is 9.47 Å². The first kappa shape index (κ1) is 17.4. The van der Waals surface area contributed by atoms with Crippen LogP contribution >= 0.6 is 0 Å². The number of phenolic OH excluding ortho intramolecular Hbond substituents is 1. The predicted octanol–water partition coefficient (Wildman–Crippen LogP) is 2.09. The molecule has 22 heavy (non-hydrogen) atoms. The summed E-state index contributed by atoms with van der Waals surface area (Å²) in [5, 5.41) is 12.1. The summed E-state index contributed by atoms with van der Waals surface area (Å²) in [7, 11) is 1.40. The highest BCUT2D eigenvalue weighted by molar-refractivity contribution is 5.81. The van der Waals surface area contributed by atoms with E-state index in [1.165, 1.54) is 19.2 Å². The van der Waals surface area contributed by atoms with Crippen molar-refractivity contribution in [2.45, 2.75) is 26.4 Å². The third kappa shape index (κ3) is 5.37. The van der Waals surface area contributed by atoms with Crippen LogP contribution < -0.4 is 10.1 Å². The lowest BCUT2D eigenvalue weighted by atomic mass is 10.1. The third-order valence-electron chi connectivity index (χ3n) is 2.42. The number of alkyl carbamates (subject to hydrolysis) is 1. The number of carbonyl (C=O) groups excluding carboxylic acids is 2. The number of rotatable bonds is 3.